The average Bonchev–Trinajstić information content (AvgIpc) is 2.16. The zero-order valence-corrected chi connectivity index (χ0v) is 9.91. The Morgan fingerprint density at radius 1 is 1.44 bits per heavy atom. The Morgan fingerprint density at radius 2 is 2.06 bits per heavy atom. The minimum atomic E-state index is -0.957. The molecular weight excluding hydrogens is 228 g/mol. The summed E-state index contributed by atoms with van der Waals surface area (Å²) in [4.78, 5) is 22.5. The van der Waals surface area contributed by atoms with Crippen LogP contribution in [0.2, 0.25) is 0 Å². The molecule has 1 unspecified atom stereocenters. The van der Waals surface area contributed by atoms with Crippen molar-refractivity contribution in [3.8, 4) is 0 Å². The van der Waals surface area contributed by atoms with Crippen molar-refractivity contribution in [1.29, 1.82) is 0 Å². The zero-order valence-electron chi connectivity index (χ0n) is 9.16. The van der Waals surface area contributed by atoms with Crippen molar-refractivity contribution >= 4 is 23.4 Å². The largest absolute Gasteiger partial charge is 0.481 e. The zero-order chi connectivity index (χ0) is 12.3. The first-order chi connectivity index (χ1) is 7.43. The van der Waals surface area contributed by atoms with E-state index in [1.165, 1.54) is 0 Å². The smallest absolute Gasteiger partial charge is 0.307 e. The molecule has 1 atom stereocenters. The van der Waals surface area contributed by atoms with Crippen LogP contribution in [0.25, 0.3) is 0 Å². The number of carbonyl (C=O) groups is 2. The first-order valence-corrected chi connectivity index (χ1v) is 5.35. The van der Waals surface area contributed by atoms with Crippen molar-refractivity contribution in [1.82, 2.24) is 0 Å². The number of benzene rings is 1. The first-order valence-electron chi connectivity index (χ1n) is 4.92. The summed E-state index contributed by atoms with van der Waals surface area (Å²) in [6.45, 7) is 3.36. The fraction of sp³-hybridized carbons (Fsp3) is 0.333. The third-order valence-electron chi connectivity index (χ3n) is 2.31. The van der Waals surface area contributed by atoms with Crippen molar-refractivity contribution in [3.05, 3.63) is 34.9 Å². The van der Waals surface area contributed by atoms with E-state index in [1.54, 1.807) is 32.0 Å². The summed E-state index contributed by atoms with van der Waals surface area (Å²) < 4.78 is 0. The Labute approximate surface area is 99.0 Å². The van der Waals surface area contributed by atoms with Crippen LogP contribution in [-0.2, 0) is 11.2 Å². The summed E-state index contributed by atoms with van der Waals surface area (Å²) in [5, 5.41) is 8.11. The summed E-state index contributed by atoms with van der Waals surface area (Å²) in [5.41, 5.74) is 1.72. The number of carbonyl (C=O) groups excluding carboxylic acids is 1. The molecule has 0 spiro atoms. The molecule has 1 aromatic carbocycles. The van der Waals surface area contributed by atoms with Gasteiger partial charge in [-0.2, -0.15) is 0 Å². The first kappa shape index (κ1) is 12.7. The lowest BCUT2D eigenvalue weighted by atomic mass is 9.95. The third kappa shape index (κ3) is 2.83. The monoisotopic (exact) mass is 240 g/mol. The molecule has 0 heterocycles. The van der Waals surface area contributed by atoms with Crippen LogP contribution in [0.3, 0.4) is 0 Å². The standard InChI is InChI=1S/C12H13ClO3/c1-7-4-3-5-9(6-10(14)15)11(7)12(16)8(2)13/h3-5,8H,6H2,1-2H3,(H,14,15). The van der Waals surface area contributed by atoms with Crippen LogP contribution in [-0.4, -0.2) is 22.2 Å². The minimum absolute atomic E-state index is 0.160. The summed E-state index contributed by atoms with van der Waals surface area (Å²) in [6, 6.07) is 5.16. The molecule has 3 nitrogen and oxygen atoms in total. The quantitative estimate of drug-likeness (QED) is 0.650. The summed E-state index contributed by atoms with van der Waals surface area (Å²) in [5.74, 6) is -1.18. The molecule has 0 aromatic heterocycles. The van der Waals surface area contributed by atoms with Gasteiger partial charge in [-0.1, -0.05) is 18.2 Å². The lowest BCUT2D eigenvalue weighted by molar-refractivity contribution is -0.136. The van der Waals surface area contributed by atoms with E-state index in [9.17, 15) is 9.59 Å². The topological polar surface area (TPSA) is 54.4 Å². The van der Waals surface area contributed by atoms with Gasteiger partial charge in [0, 0.05) is 5.56 Å². The SMILES string of the molecule is Cc1cccc(CC(=O)O)c1C(=O)C(C)Cl. The molecule has 0 fully saturated rings. The van der Waals surface area contributed by atoms with Crippen LogP contribution in [0, 0.1) is 6.92 Å². The lowest BCUT2D eigenvalue weighted by Gasteiger charge is -2.11. The minimum Gasteiger partial charge on any atom is -0.481 e. The van der Waals surface area contributed by atoms with E-state index in [0.717, 1.165) is 5.56 Å². The van der Waals surface area contributed by atoms with E-state index >= 15 is 0 Å². The summed E-state index contributed by atoms with van der Waals surface area (Å²) in [7, 11) is 0. The van der Waals surface area contributed by atoms with Crippen molar-refractivity contribution in [3.63, 3.8) is 0 Å². The van der Waals surface area contributed by atoms with E-state index < -0.39 is 11.3 Å². The Morgan fingerprint density at radius 3 is 2.56 bits per heavy atom. The van der Waals surface area contributed by atoms with Crippen molar-refractivity contribution in [2.75, 3.05) is 0 Å². The molecule has 1 N–H and O–H groups in total. The van der Waals surface area contributed by atoms with Crippen molar-refractivity contribution in [2.24, 2.45) is 0 Å². The number of rotatable bonds is 4. The van der Waals surface area contributed by atoms with Gasteiger partial charge in [0.1, 0.15) is 0 Å². The number of aliphatic carboxylic acids is 1. The molecule has 0 aliphatic carbocycles. The number of carboxylic acid groups (broad SMARTS) is 1. The second kappa shape index (κ2) is 5.12. The maximum atomic E-state index is 11.8. The van der Waals surface area contributed by atoms with E-state index in [4.69, 9.17) is 16.7 Å². The molecule has 0 amide bonds. The number of alkyl halides is 1. The number of Topliss-reactive ketones (excluding diaryl/α,β-unsaturated/α-hetero) is 1. The van der Waals surface area contributed by atoms with Gasteiger partial charge in [-0.25, -0.2) is 0 Å². The second-order valence-electron chi connectivity index (χ2n) is 3.66. The molecule has 0 saturated heterocycles. The number of hydrogen-bond donors (Lipinski definition) is 1. The molecule has 0 aliphatic rings. The fourth-order valence-corrected chi connectivity index (χ4v) is 1.70. The molecule has 0 radical (unpaired) electrons. The highest BCUT2D eigenvalue weighted by atomic mass is 35.5. The van der Waals surface area contributed by atoms with Gasteiger partial charge >= 0.3 is 5.97 Å². The molecule has 1 rings (SSSR count). The highest BCUT2D eigenvalue weighted by Gasteiger charge is 2.19. The number of aryl methyl sites for hydroxylation is 1. The second-order valence-corrected chi connectivity index (χ2v) is 4.31. The fourth-order valence-electron chi connectivity index (χ4n) is 1.59. The third-order valence-corrected chi connectivity index (χ3v) is 2.51. The van der Waals surface area contributed by atoms with Crippen molar-refractivity contribution < 1.29 is 14.7 Å². The van der Waals surface area contributed by atoms with Gasteiger partial charge in [-0.3, -0.25) is 9.59 Å². The predicted molar refractivity (Wildman–Crippen MR) is 62.2 cm³/mol. The molecular formula is C12H13ClO3. The van der Waals surface area contributed by atoms with Gasteiger partial charge in [-0.15, -0.1) is 11.6 Å². The normalized spacial score (nSPS) is 12.2. The van der Waals surface area contributed by atoms with E-state index in [0.29, 0.717) is 11.1 Å². The van der Waals surface area contributed by atoms with Gasteiger partial charge in [0.15, 0.2) is 5.78 Å². The molecule has 4 heteroatoms. The highest BCUT2D eigenvalue weighted by molar-refractivity contribution is 6.34. The maximum absolute atomic E-state index is 11.8. The Kier molecular flexibility index (Phi) is 4.07. The number of ketones is 1. The average molecular weight is 241 g/mol. The van der Waals surface area contributed by atoms with Crippen LogP contribution in [0.1, 0.15) is 28.4 Å². The Bertz CT molecular complexity index is 424. The van der Waals surface area contributed by atoms with E-state index in [1.807, 2.05) is 0 Å². The number of carboxylic acids is 1. The van der Waals surface area contributed by atoms with Gasteiger partial charge in [-0.05, 0) is 25.0 Å². The molecule has 16 heavy (non-hydrogen) atoms. The molecule has 1 aromatic rings. The van der Waals surface area contributed by atoms with Gasteiger partial charge in [0.2, 0.25) is 0 Å². The van der Waals surface area contributed by atoms with Crippen LogP contribution in [0.15, 0.2) is 18.2 Å². The van der Waals surface area contributed by atoms with E-state index in [2.05, 4.69) is 0 Å². The Hall–Kier alpha value is -1.35. The molecule has 0 saturated carbocycles. The number of hydrogen-bond acceptors (Lipinski definition) is 2. The maximum Gasteiger partial charge on any atom is 0.307 e. The van der Waals surface area contributed by atoms with Gasteiger partial charge < -0.3 is 5.11 Å². The predicted octanol–water partition coefficient (Wildman–Crippen LogP) is 2.43. The molecule has 0 bridgehead atoms. The molecule has 86 valence electrons. The molecule has 0 aliphatic heterocycles. The van der Waals surface area contributed by atoms with E-state index in [-0.39, 0.29) is 12.2 Å². The van der Waals surface area contributed by atoms with Crippen molar-refractivity contribution in [2.45, 2.75) is 25.6 Å². The van der Waals surface area contributed by atoms with Crippen LogP contribution in [0.5, 0.6) is 0 Å². The van der Waals surface area contributed by atoms with Gasteiger partial charge in [0.05, 0.1) is 11.8 Å². The Balaban J connectivity index is 3.23. The number of halogens is 1. The summed E-state index contributed by atoms with van der Waals surface area (Å²) in [6.07, 6.45) is -0.160. The van der Waals surface area contributed by atoms with Crippen LogP contribution in [0.4, 0.5) is 0 Å². The van der Waals surface area contributed by atoms with Gasteiger partial charge in [0.25, 0.3) is 0 Å². The highest BCUT2D eigenvalue weighted by Crippen LogP contribution is 2.19. The summed E-state index contributed by atoms with van der Waals surface area (Å²) >= 11 is 5.75. The van der Waals surface area contributed by atoms with Crippen LogP contribution >= 0.6 is 11.6 Å². The lowest BCUT2D eigenvalue weighted by Crippen LogP contribution is -2.16. The van der Waals surface area contributed by atoms with Crippen LogP contribution < -0.4 is 0 Å².